The van der Waals surface area contributed by atoms with Crippen molar-refractivity contribution < 1.29 is 27.2 Å². The number of rotatable bonds is 4. The molecule has 0 aliphatic heterocycles. The smallest absolute Gasteiger partial charge is 0.313 e. The largest absolute Gasteiger partial charge is 0.434 e. The summed E-state index contributed by atoms with van der Waals surface area (Å²) < 4.78 is 54.9. The van der Waals surface area contributed by atoms with E-state index in [1.807, 2.05) is 0 Å². The van der Waals surface area contributed by atoms with Crippen molar-refractivity contribution in [2.75, 3.05) is 0 Å². The lowest BCUT2D eigenvalue weighted by Crippen LogP contribution is -2.18. The molecule has 0 spiro atoms. The van der Waals surface area contributed by atoms with Gasteiger partial charge in [-0.15, -0.1) is 0 Å². The lowest BCUT2D eigenvalue weighted by Gasteiger charge is -2.11. The number of aromatic nitrogens is 2. The SMILES string of the molecule is O=C(ON=Cc1c(F)cccc1Cl)c1cnn(-c2ccc(Cl)cc2)c1C(F)(F)F. The van der Waals surface area contributed by atoms with Crippen LogP contribution in [0.2, 0.25) is 10.0 Å². The van der Waals surface area contributed by atoms with Gasteiger partial charge >= 0.3 is 12.1 Å². The highest BCUT2D eigenvalue weighted by Gasteiger charge is 2.41. The van der Waals surface area contributed by atoms with E-state index in [0.29, 0.717) is 15.9 Å². The van der Waals surface area contributed by atoms with Crippen LogP contribution in [0, 0.1) is 5.82 Å². The van der Waals surface area contributed by atoms with Crippen LogP contribution in [0.25, 0.3) is 5.69 Å². The first-order valence-electron chi connectivity index (χ1n) is 7.78. The molecule has 0 aliphatic carbocycles. The predicted octanol–water partition coefficient (Wildman–Crippen LogP) is 5.53. The lowest BCUT2D eigenvalue weighted by molar-refractivity contribution is -0.143. The summed E-state index contributed by atoms with van der Waals surface area (Å²) in [6, 6.07) is 9.16. The van der Waals surface area contributed by atoms with E-state index in [4.69, 9.17) is 23.2 Å². The van der Waals surface area contributed by atoms with Crippen LogP contribution in [-0.4, -0.2) is 22.0 Å². The van der Waals surface area contributed by atoms with Gasteiger partial charge in [0.1, 0.15) is 11.4 Å². The molecule has 0 bridgehead atoms. The summed E-state index contributed by atoms with van der Waals surface area (Å²) in [5, 5.41) is 7.15. The summed E-state index contributed by atoms with van der Waals surface area (Å²) >= 11 is 11.5. The van der Waals surface area contributed by atoms with E-state index in [2.05, 4.69) is 15.1 Å². The van der Waals surface area contributed by atoms with Crippen LogP contribution >= 0.6 is 23.2 Å². The lowest BCUT2D eigenvalue weighted by atomic mass is 10.2. The molecule has 0 saturated carbocycles. The highest BCUT2D eigenvalue weighted by molar-refractivity contribution is 6.33. The van der Waals surface area contributed by atoms with Crippen LogP contribution in [0.3, 0.4) is 0 Å². The van der Waals surface area contributed by atoms with Crippen molar-refractivity contribution >= 4 is 35.4 Å². The number of hydrogen-bond donors (Lipinski definition) is 0. The molecule has 2 aromatic carbocycles. The molecule has 0 unspecified atom stereocenters. The molecule has 3 aromatic rings. The number of carbonyl (C=O) groups is 1. The van der Waals surface area contributed by atoms with Crippen molar-refractivity contribution in [3.63, 3.8) is 0 Å². The average Bonchev–Trinajstić information content (AvgIpc) is 3.10. The van der Waals surface area contributed by atoms with Crippen LogP contribution in [-0.2, 0) is 11.0 Å². The first-order chi connectivity index (χ1) is 13.7. The first-order valence-corrected chi connectivity index (χ1v) is 8.54. The Labute approximate surface area is 171 Å². The van der Waals surface area contributed by atoms with Gasteiger partial charge < -0.3 is 4.84 Å². The van der Waals surface area contributed by atoms with E-state index in [1.54, 1.807) is 0 Å². The zero-order valence-electron chi connectivity index (χ0n) is 14.1. The Morgan fingerprint density at radius 1 is 1.14 bits per heavy atom. The van der Waals surface area contributed by atoms with Crippen molar-refractivity contribution in [1.29, 1.82) is 0 Å². The van der Waals surface area contributed by atoms with Gasteiger partial charge in [-0.25, -0.2) is 13.9 Å². The molecule has 0 saturated heterocycles. The van der Waals surface area contributed by atoms with Gasteiger partial charge in [-0.2, -0.15) is 18.3 Å². The van der Waals surface area contributed by atoms with Gasteiger partial charge in [-0.05, 0) is 36.4 Å². The highest BCUT2D eigenvalue weighted by Crippen LogP contribution is 2.34. The van der Waals surface area contributed by atoms with E-state index >= 15 is 0 Å². The number of hydrogen-bond acceptors (Lipinski definition) is 4. The van der Waals surface area contributed by atoms with E-state index in [-0.39, 0.29) is 16.3 Å². The number of oxime groups is 1. The molecule has 3 rings (SSSR count). The molecule has 0 aliphatic rings. The highest BCUT2D eigenvalue weighted by atomic mass is 35.5. The Balaban J connectivity index is 1.91. The third-order valence-corrected chi connectivity index (χ3v) is 4.23. The zero-order valence-corrected chi connectivity index (χ0v) is 15.6. The minimum Gasteiger partial charge on any atom is -0.313 e. The Bertz CT molecular complexity index is 1060. The number of nitrogens with zero attached hydrogens (tertiary/aromatic N) is 3. The summed E-state index contributed by atoms with van der Waals surface area (Å²) in [4.78, 5) is 16.6. The predicted molar refractivity (Wildman–Crippen MR) is 98.0 cm³/mol. The molecule has 0 N–H and O–H groups in total. The summed E-state index contributed by atoms with van der Waals surface area (Å²) in [5.41, 5.74) is -2.38. The van der Waals surface area contributed by atoms with E-state index in [9.17, 15) is 22.4 Å². The molecule has 0 amide bonds. The number of carbonyl (C=O) groups excluding carboxylic acids is 1. The molecule has 1 aromatic heterocycles. The first kappa shape index (κ1) is 20.8. The minimum absolute atomic E-state index is 0.0173. The van der Waals surface area contributed by atoms with E-state index in [0.717, 1.165) is 12.3 Å². The van der Waals surface area contributed by atoms with Gasteiger partial charge in [0, 0.05) is 5.02 Å². The Morgan fingerprint density at radius 2 is 1.83 bits per heavy atom. The van der Waals surface area contributed by atoms with Gasteiger partial charge in [0.05, 0.1) is 28.7 Å². The maximum absolute atomic E-state index is 13.6. The monoisotopic (exact) mass is 445 g/mol. The van der Waals surface area contributed by atoms with Gasteiger partial charge in [-0.1, -0.05) is 34.4 Å². The van der Waals surface area contributed by atoms with Gasteiger partial charge in [0.2, 0.25) is 0 Å². The standard InChI is InChI=1S/C18H9Cl2F4N3O2/c19-10-4-6-11(7-5-10)27-16(18(22,23)24)13(8-25-27)17(28)29-26-9-12-14(20)2-1-3-15(12)21/h1-9H. The number of benzene rings is 2. The molecular weight excluding hydrogens is 437 g/mol. The summed E-state index contributed by atoms with van der Waals surface area (Å²) in [6.07, 6.45) is -3.44. The minimum atomic E-state index is -4.93. The number of alkyl halides is 3. The zero-order chi connectivity index (χ0) is 21.2. The fourth-order valence-corrected chi connectivity index (χ4v) is 2.70. The number of halogens is 6. The fourth-order valence-electron chi connectivity index (χ4n) is 2.36. The van der Waals surface area contributed by atoms with E-state index < -0.39 is 29.2 Å². The molecular formula is C18H9Cl2F4N3O2. The van der Waals surface area contributed by atoms with Crippen LogP contribution < -0.4 is 0 Å². The van der Waals surface area contributed by atoms with Gasteiger partial charge in [-0.3, -0.25) is 0 Å². The molecule has 11 heteroatoms. The third kappa shape index (κ3) is 4.57. The van der Waals surface area contributed by atoms with Gasteiger partial charge in [0.15, 0.2) is 5.69 Å². The van der Waals surface area contributed by atoms with Crippen molar-refractivity contribution in [3.05, 3.63) is 81.3 Å². The topological polar surface area (TPSA) is 56.5 Å². The van der Waals surface area contributed by atoms with Crippen LogP contribution in [0.1, 0.15) is 21.6 Å². The molecule has 0 atom stereocenters. The third-order valence-electron chi connectivity index (χ3n) is 3.65. The molecule has 150 valence electrons. The van der Waals surface area contributed by atoms with Crippen molar-refractivity contribution in [3.8, 4) is 5.69 Å². The Hall–Kier alpha value is -2.91. The molecule has 29 heavy (non-hydrogen) atoms. The summed E-state index contributed by atoms with van der Waals surface area (Å²) in [6.45, 7) is 0. The average molecular weight is 446 g/mol. The van der Waals surface area contributed by atoms with Crippen molar-refractivity contribution in [2.45, 2.75) is 6.18 Å². The van der Waals surface area contributed by atoms with Crippen LogP contribution in [0.15, 0.2) is 53.8 Å². The van der Waals surface area contributed by atoms with Crippen LogP contribution in [0.4, 0.5) is 17.6 Å². The van der Waals surface area contributed by atoms with Crippen molar-refractivity contribution in [2.24, 2.45) is 5.16 Å². The summed E-state index contributed by atoms with van der Waals surface area (Å²) in [5.74, 6) is -2.18. The van der Waals surface area contributed by atoms with Gasteiger partial charge in [0.25, 0.3) is 0 Å². The fraction of sp³-hybridized carbons (Fsp3) is 0.0556. The second kappa shape index (κ2) is 8.22. The molecule has 0 radical (unpaired) electrons. The second-order valence-electron chi connectivity index (χ2n) is 5.54. The quantitative estimate of drug-likeness (QED) is 0.229. The molecule has 1 heterocycles. The normalized spacial score (nSPS) is 11.8. The maximum Gasteiger partial charge on any atom is 0.434 e. The maximum atomic E-state index is 13.6. The van der Waals surface area contributed by atoms with Crippen molar-refractivity contribution in [1.82, 2.24) is 9.78 Å². The Morgan fingerprint density at radius 3 is 2.45 bits per heavy atom. The second-order valence-corrected chi connectivity index (χ2v) is 6.39. The molecule has 0 fully saturated rings. The molecule has 5 nitrogen and oxygen atoms in total. The van der Waals surface area contributed by atoms with Crippen LogP contribution in [0.5, 0.6) is 0 Å². The van der Waals surface area contributed by atoms with E-state index in [1.165, 1.54) is 36.4 Å². The summed E-state index contributed by atoms with van der Waals surface area (Å²) in [7, 11) is 0. The Kier molecular flexibility index (Phi) is 5.90.